The quantitative estimate of drug-likeness (QED) is 0.330. The van der Waals surface area contributed by atoms with Gasteiger partial charge in [0.1, 0.15) is 23.9 Å². The zero-order chi connectivity index (χ0) is 27.6. The number of para-hydroxylation sites is 1. The Kier molecular flexibility index (Phi) is 7.21. The number of benzene rings is 3. The molecule has 1 saturated carbocycles. The van der Waals surface area contributed by atoms with Gasteiger partial charge in [-0.05, 0) is 43.2 Å². The van der Waals surface area contributed by atoms with Crippen LogP contribution in [0.5, 0.6) is 11.5 Å². The van der Waals surface area contributed by atoms with Gasteiger partial charge in [-0.1, -0.05) is 48.5 Å². The molecule has 3 aromatic carbocycles. The van der Waals surface area contributed by atoms with Crippen LogP contribution in [0.3, 0.4) is 0 Å². The zero-order valence-electron chi connectivity index (χ0n) is 22.4. The maximum Gasteiger partial charge on any atom is 0.240 e. The van der Waals surface area contributed by atoms with Gasteiger partial charge in [-0.2, -0.15) is 5.10 Å². The number of nitrogens with one attached hydrogen (secondary N) is 1. The molecular weight excluding hydrogens is 524 g/mol. The van der Waals surface area contributed by atoms with Crippen LogP contribution in [0.15, 0.2) is 78.9 Å². The first-order valence-corrected chi connectivity index (χ1v) is 14.3. The Balaban J connectivity index is 1.61. The fourth-order valence-electron chi connectivity index (χ4n) is 5.01. The minimum atomic E-state index is -0.270. The first-order chi connectivity index (χ1) is 19.6. The molecule has 1 aliphatic heterocycles. The number of anilines is 1. The Morgan fingerprint density at radius 3 is 2.40 bits per heavy atom. The van der Waals surface area contributed by atoms with Crippen LogP contribution in [0, 0.1) is 0 Å². The van der Waals surface area contributed by atoms with Gasteiger partial charge in [0.2, 0.25) is 11.8 Å². The van der Waals surface area contributed by atoms with Crippen LogP contribution in [0.1, 0.15) is 29.2 Å². The number of ether oxygens (including phenoxy) is 2. The summed E-state index contributed by atoms with van der Waals surface area (Å²) in [6.45, 7) is -0.0857. The summed E-state index contributed by atoms with van der Waals surface area (Å²) in [4.78, 5) is 28.5. The molecule has 0 bridgehead atoms. The van der Waals surface area contributed by atoms with Gasteiger partial charge in [-0.15, -0.1) is 11.8 Å². The summed E-state index contributed by atoms with van der Waals surface area (Å²) >= 11 is 1.52. The van der Waals surface area contributed by atoms with Gasteiger partial charge in [-0.3, -0.25) is 14.5 Å². The maximum absolute atomic E-state index is 13.8. The van der Waals surface area contributed by atoms with Gasteiger partial charge >= 0.3 is 0 Å². The summed E-state index contributed by atoms with van der Waals surface area (Å²) in [7, 11) is 3.27. The van der Waals surface area contributed by atoms with Gasteiger partial charge in [-0.25, -0.2) is 4.68 Å². The van der Waals surface area contributed by atoms with Crippen LogP contribution in [0.2, 0.25) is 0 Å². The van der Waals surface area contributed by atoms with E-state index in [9.17, 15) is 9.59 Å². The molecule has 6 rings (SSSR count). The molecule has 2 heterocycles. The number of carbonyl (C=O) groups excluding carboxylic acids is 2. The van der Waals surface area contributed by atoms with E-state index in [1.807, 2.05) is 78.9 Å². The monoisotopic (exact) mass is 554 g/mol. The molecule has 40 heavy (non-hydrogen) atoms. The van der Waals surface area contributed by atoms with E-state index in [0.717, 1.165) is 46.7 Å². The molecule has 0 radical (unpaired) electrons. The summed E-state index contributed by atoms with van der Waals surface area (Å²) in [6.07, 6.45) is 1.94. The van der Waals surface area contributed by atoms with Crippen LogP contribution >= 0.6 is 11.8 Å². The van der Waals surface area contributed by atoms with E-state index in [1.54, 1.807) is 23.8 Å². The molecule has 4 aromatic rings. The highest BCUT2D eigenvalue weighted by Crippen LogP contribution is 2.50. The molecule has 1 unspecified atom stereocenters. The van der Waals surface area contributed by atoms with Crippen LogP contribution in [-0.2, 0) is 9.59 Å². The molecule has 1 N–H and O–H groups in total. The third-order valence-corrected chi connectivity index (χ3v) is 8.36. The first-order valence-electron chi connectivity index (χ1n) is 13.2. The lowest BCUT2D eigenvalue weighted by Gasteiger charge is -2.23. The Bertz CT molecular complexity index is 1530. The van der Waals surface area contributed by atoms with Crippen molar-refractivity contribution in [3.05, 3.63) is 90.0 Å². The lowest BCUT2D eigenvalue weighted by Crippen LogP contribution is -2.43. The van der Waals surface area contributed by atoms with Gasteiger partial charge in [0.25, 0.3) is 0 Å². The van der Waals surface area contributed by atoms with Crippen molar-refractivity contribution >= 4 is 29.4 Å². The van der Waals surface area contributed by atoms with Crippen molar-refractivity contribution in [2.45, 2.75) is 24.1 Å². The van der Waals surface area contributed by atoms with Gasteiger partial charge in [0.05, 0.1) is 36.6 Å². The Morgan fingerprint density at radius 2 is 1.70 bits per heavy atom. The number of aromatic nitrogens is 2. The lowest BCUT2D eigenvalue weighted by molar-refractivity contribution is -0.123. The van der Waals surface area contributed by atoms with E-state index in [2.05, 4.69) is 5.32 Å². The van der Waals surface area contributed by atoms with E-state index in [1.165, 1.54) is 11.8 Å². The largest absolute Gasteiger partial charge is 0.497 e. The fourth-order valence-corrected chi connectivity index (χ4v) is 6.23. The first kappa shape index (κ1) is 26.0. The smallest absolute Gasteiger partial charge is 0.240 e. The van der Waals surface area contributed by atoms with Crippen molar-refractivity contribution in [1.29, 1.82) is 0 Å². The fraction of sp³-hybridized carbons (Fsp3) is 0.258. The SMILES string of the molecule is COc1ccc(-n2nc(-c3ccccc3)c3c2N(CC(=O)NC2CC2)C(=O)CSC3c2ccccc2OC)cc1. The van der Waals surface area contributed by atoms with Crippen LogP contribution < -0.4 is 19.7 Å². The Morgan fingerprint density at radius 1 is 0.975 bits per heavy atom. The number of fused-ring (bicyclic) bond motifs is 1. The van der Waals surface area contributed by atoms with Crippen molar-refractivity contribution in [3.63, 3.8) is 0 Å². The van der Waals surface area contributed by atoms with Gasteiger partial charge < -0.3 is 14.8 Å². The molecule has 1 aliphatic carbocycles. The van der Waals surface area contributed by atoms with Crippen LogP contribution in [-0.4, -0.2) is 54.2 Å². The molecule has 0 spiro atoms. The minimum Gasteiger partial charge on any atom is -0.497 e. The number of carbonyl (C=O) groups is 2. The van der Waals surface area contributed by atoms with E-state index in [4.69, 9.17) is 14.6 Å². The second-order valence-corrected chi connectivity index (χ2v) is 10.9. The Labute approximate surface area is 237 Å². The van der Waals surface area contributed by atoms with E-state index in [-0.39, 0.29) is 35.4 Å². The third-order valence-electron chi connectivity index (χ3n) is 7.12. The number of rotatable bonds is 8. The standard InChI is InChI=1S/C31H30N4O4S/c1-38-23-16-14-22(15-17-23)35-31-28(29(33-35)20-8-4-3-5-9-20)30(24-10-6-7-11-25(24)39-2)40-19-27(37)34(31)18-26(36)32-21-12-13-21/h3-11,14-17,21,30H,12-13,18-19H2,1-2H3,(H,32,36). The predicted octanol–water partition coefficient (Wildman–Crippen LogP) is 5.00. The molecule has 9 heteroatoms. The molecule has 204 valence electrons. The van der Waals surface area contributed by atoms with E-state index in [0.29, 0.717) is 11.6 Å². The number of methoxy groups -OCH3 is 2. The number of thioether (sulfide) groups is 1. The third kappa shape index (κ3) is 5.04. The Hall–Kier alpha value is -4.24. The van der Waals surface area contributed by atoms with E-state index < -0.39 is 0 Å². The molecule has 1 aromatic heterocycles. The highest BCUT2D eigenvalue weighted by molar-refractivity contribution is 8.00. The summed E-state index contributed by atoms with van der Waals surface area (Å²) in [5.74, 6) is 1.90. The number of hydrogen-bond donors (Lipinski definition) is 1. The maximum atomic E-state index is 13.8. The summed E-state index contributed by atoms with van der Waals surface area (Å²) in [6, 6.07) is 25.5. The van der Waals surface area contributed by atoms with E-state index >= 15 is 0 Å². The van der Waals surface area contributed by atoms with Crippen LogP contribution in [0.25, 0.3) is 16.9 Å². The molecule has 2 aliphatic rings. The van der Waals surface area contributed by atoms with Crippen molar-refractivity contribution in [2.75, 3.05) is 31.4 Å². The minimum absolute atomic E-state index is 0.0857. The number of amides is 2. The average Bonchev–Trinajstić information content (AvgIpc) is 3.75. The molecule has 1 fully saturated rings. The van der Waals surface area contributed by atoms with Crippen molar-refractivity contribution in [3.8, 4) is 28.4 Å². The lowest BCUT2D eigenvalue weighted by atomic mass is 9.99. The molecular formula is C31H30N4O4S. The topological polar surface area (TPSA) is 85.7 Å². The average molecular weight is 555 g/mol. The molecule has 0 saturated heterocycles. The molecule has 2 amide bonds. The van der Waals surface area contributed by atoms with Crippen molar-refractivity contribution in [2.24, 2.45) is 0 Å². The van der Waals surface area contributed by atoms with Crippen molar-refractivity contribution in [1.82, 2.24) is 15.1 Å². The molecule has 1 atom stereocenters. The highest BCUT2D eigenvalue weighted by atomic mass is 32.2. The normalized spacial score (nSPS) is 16.7. The van der Waals surface area contributed by atoms with Gasteiger partial charge in [0.15, 0.2) is 0 Å². The highest BCUT2D eigenvalue weighted by Gasteiger charge is 2.39. The number of nitrogens with zero attached hydrogens (tertiary/aromatic N) is 3. The predicted molar refractivity (Wildman–Crippen MR) is 156 cm³/mol. The van der Waals surface area contributed by atoms with Crippen LogP contribution in [0.4, 0.5) is 5.82 Å². The number of hydrogen-bond acceptors (Lipinski definition) is 6. The second kappa shape index (κ2) is 11.1. The summed E-state index contributed by atoms with van der Waals surface area (Å²) in [5.41, 5.74) is 4.23. The van der Waals surface area contributed by atoms with Gasteiger partial charge in [0, 0.05) is 22.7 Å². The van der Waals surface area contributed by atoms with Crippen molar-refractivity contribution < 1.29 is 19.1 Å². The second-order valence-electron chi connectivity index (χ2n) is 9.82. The summed E-state index contributed by atoms with van der Waals surface area (Å²) < 4.78 is 12.9. The summed E-state index contributed by atoms with van der Waals surface area (Å²) in [5, 5.41) is 7.89. The zero-order valence-corrected chi connectivity index (χ0v) is 23.2. The molecule has 8 nitrogen and oxygen atoms in total.